The molecule has 0 unspecified atom stereocenters. The molecule has 1 atom stereocenters. The highest BCUT2D eigenvalue weighted by Gasteiger charge is 2.25. The number of carbonyl (C=O) groups is 1. The predicted octanol–water partition coefficient (Wildman–Crippen LogP) is 3.67. The molecule has 1 fully saturated rings. The Morgan fingerprint density at radius 2 is 2.24 bits per heavy atom. The highest BCUT2D eigenvalue weighted by atomic mass is 35.5. The van der Waals surface area contributed by atoms with Crippen LogP contribution in [0.2, 0.25) is 5.02 Å². The number of halogens is 1. The molecule has 0 spiro atoms. The van der Waals surface area contributed by atoms with Gasteiger partial charge in [-0.3, -0.25) is 0 Å². The minimum atomic E-state index is -0.132. The van der Waals surface area contributed by atoms with Gasteiger partial charge in [0.15, 0.2) is 0 Å². The first kappa shape index (κ1) is 16.1. The van der Waals surface area contributed by atoms with E-state index in [0.717, 1.165) is 43.4 Å². The number of hydrogen-bond acceptors (Lipinski definition) is 2. The van der Waals surface area contributed by atoms with E-state index in [1.165, 1.54) is 0 Å². The number of nitrogens with zero attached hydrogens (tertiary/aromatic N) is 1. The summed E-state index contributed by atoms with van der Waals surface area (Å²) in [6.45, 7) is 2.75. The van der Waals surface area contributed by atoms with E-state index in [1.54, 1.807) is 11.0 Å². The topological polar surface area (TPSA) is 52.6 Å². The lowest BCUT2D eigenvalue weighted by atomic mass is 10.1. The first-order chi connectivity index (χ1) is 10.2. The Morgan fingerprint density at radius 1 is 1.43 bits per heavy atom. The molecule has 0 aliphatic carbocycles. The lowest BCUT2D eigenvalue weighted by Crippen LogP contribution is -2.44. The van der Waals surface area contributed by atoms with Gasteiger partial charge in [-0.1, -0.05) is 31.4 Å². The zero-order valence-corrected chi connectivity index (χ0v) is 13.2. The number of aryl methyl sites for hydroxylation is 1. The Bertz CT molecular complexity index is 493. The molecule has 1 aromatic rings. The third kappa shape index (κ3) is 4.11. The van der Waals surface area contributed by atoms with Crippen molar-refractivity contribution in [1.82, 2.24) is 4.90 Å². The van der Waals surface area contributed by atoms with Crippen molar-refractivity contribution in [3.63, 3.8) is 0 Å². The van der Waals surface area contributed by atoms with Crippen LogP contribution in [0, 0.1) is 0 Å². The second-order valence-corrected chi connectivity index (χ2v) is 5.90. The molecule has 1 saturated heterocycles. The van der Waals surface area contributed by atoms with Crippen molar-refractivity contribution in [3.8, 4) is 0 Å². The Balaban J connectivity index is 2.12. The van der Waals surface area contributed by atoms with Crippen LogP contribution in [-0.2, 0) is 6.42 Å². The van der Waals surface area contributed by atoms with E-state index in [1.807, 2.05) is 19.1 Å². The maximum Gasteiger partial charge on any atom is 0.322 e. The molecule has 2 rings (SSSR count). The molecular weight excluding hydrogens is 288 g/mol. The number of amides is 2. The minimum absolute atomic E-state index is 0.0225. The minimum Gasteiger partial charge on any atom is -0.394 e. The van der Waals surface area contributed by atoms with Crippen LogP contribution < -0.4 is 5.32 Å². The average Bonchev–Trinajstić information content (AvgIpc) is 2.74. The highest BCUT2D eigenvalue weighted by Crippen LogP contribution is 2.23. The van der Waals surface area contributed by atoms with Crippen LogP contribution in [0.5, 0.6) is 0 Å². The molecule has 0 saturated carbocycles. The standard InChI is InChI=1S/C16H23ClN2O2/c1-2-12-10-13(17)7-8-15(12)18-16(21)19-9-5-3-4-6-14(19)11-20/h7-8,10,14,20H,2-6,9,11H2,1H3,(H,18,21)/t14-/m1/s1. The summed E-state index contributed by atoms with van der Waals surface area (Å²) in [4.78, 5) is 14.3. The summed E-state index contributed by atoms with van der Waals surface area (Å²) in [5.41, 5.74) is 1.82. The summed E-state index contributed by atoms with van der Waals surface area (Å²) in [6.07, 6.45) is 4.84. The number of carbonyl (C=O) groups excluding carboxylic acids is 1. The lowest BCUT2D eigenvalue weighted by molar-refractivity contribution is 0.142. The molecule has 0 aromatic heterocycles. The van der Waals surface area contributed by atoms with E-state index in [4.69, 9.17) is 11.6 Å². The molecule has 5 heteroatoms. The monoisotopic (exact) mass is 310 g/mol. The largest absolute Gasteiger partial charge is 0.394 e. The molecule has 21 heavy (non-hydrogen) atoms. The Hall–Kier alpha value is -1.26. The van der Waals surface area contributed by atoms with Gasteiger partial charge in [0, 0.05) is 17.3 Å². The highest BCUT2D eigenvalue weighted by molar-refractivity contribution is 6.30. The summed E-state index contributed by atoms with van der Waals surface area (Å²) < 4.78 is 0. The maximum atomic E-state index is 12.5. The lowest BCUT2D eigenvalue weighted by Gasteiger charge is -2.29. The fourth-order valence-electron chi connectivity index (χ4n) is 2.80. The van der Waals surface area contributed by atoms with Gasteiger partial charge in [0.2, 0.25) is 0 Å². The molecule has 0 bridgehead atoms. The number of anilines is 1. The van der Waals surface area contributed by atoms with Crippen LogP contribution >= 0.6 is 11.6 Å². The fraction of sp³-hybridized carbons (Fsp3) is 0.562. The third-order valence-electron chi connectivity index (χ3n) is 4.04. The van der Waals surface area contributed by atoms with Gasteiger partial charge >= 0.3 is 6.03 Å². The van der Waals surface area contributed by atoms with E-state index in [-0.39, 0.29) is 18.7 Å². The summed E-state index contributed by atoms with van der Waals surface area (Å²) in [5, 5.41) is 13.1. The smallest absolute Gasteiger partial charge is 0.322 e. The Labute approximate surface area is 131 Å². The summed E-state index contributed by atoms with van der Waals surface area (Å²) in [6, 6.07) is 5.29. The van der Waals surface area contributed by atoms with E-state index < -0.39 is 0 Å². The van der Waals surface area contributed by atoms with Crippen LogP contribution in [0.3, 0.4) is 0 Å². The normalized spacial score (nSPS) is 19.2. The number of likely N-dealkylation sites (tertiary alicyclic amines) is 1. The quantitative estimate of drug-likeness (QED) is 0.895. The average molecular weight is 311 g/mol. The second kappa shape index (κ2) is 7.66. The zero-order chi connectivity index (χ0) is 15.2. The van der Waals surface area contributed by atoms with E-state index >= 15 is 0 Å². The fourth-order valence-corrected chi connectivity index (χ4v) is 2.99. The van der Waals surface area contributed by atoms with Gasteiger partial charge in [-0.05, 0) is 43.0 Å². The van der Waals surface area contributed by atoms with Gasteiger partial charge in [-0.2, -0.15) is 0 Å². The zero-order valence-electron chi connectivity index (χ0n) is 12.4. The van der Waals surface area contributed by atoms with Crippen LogP contribution in [0.4, 0.5) is 10.5 Å². The van der Waals surface area contributed by atoms with Gasteiger partial charge in [-0.15, -0.1) is 0 Å². The number of rotatable bonds is 3. The van der Waals surface area contributed by atoms with Crippen molar-refractivity contribution in [2.75, 3.05) is 18.5 Å². The molecule has 4 nitrogen and oxygen atoms in total. The number of aliphatic hydroxyl groups excluding tert-OH is 1. The van der Waals surface area contributed by atoms with E-state index in [2.05, 4.69) is 5.32 Å². The van der Waals surface area contributed by atoms with Gasteiger partial charge < -0.3 is 15.3 Å². The number of benzene rings is 1. The molecule has 2 amide bonds. The summed E-state index contributed by atoms with van der Waals surface area (Å²) in [5.74, 6) is 0. The second-order valence-electron chi connectivity index (χ2n) is 5.46. The van der Waals surface area contributed by atoms with Crippen molar-refractivity contribution >= 4 is 23.3 Å². The Morgan fingerprint density at radius 3 is 2.95 bits per heavy atom. The molecule has 116 valence electrons. The molecular formula is C16H23ClN2O2. The van der Waals surface area contributed by atoms with Gasteiger partial charge in [0.05, 0.1) is 12.6 Å². The molecule has 1 heterocycles. The SMILES string of the molecule is CCc1cc(Cl)ccc1NC(=O)N1CCCCC[C@@H]1CO. The van der Waals surface area contributed by atoms with Crippen LogP contribution in [0.25, 0.3) is 0 Å². The summed E-state index contributed by atoms with van der Waals surface area (Å²) >= 11 is 5.99. The predicted molar refractivity (Wildman–Crippen MR) is 85.9 cm³/mol. The first-order valence-electron chi connectivity index (χ1n) is 7.62. The van der Waals surface area contributed by atoms with E-state index in [9.17, 15) is 9.90 Å². The van der Waals surface area contributed by atoms with E-state index in [0.29, 0.717) is 11.6 Å². The molecule has 1 aromatic carbocycles. The van der Waals surface area contributed by atoms with Crippen molar-refractivity contribution in [2.45, 2.75) is 45.1 Å². The van der Waals surface area contributed by atoms with Gasteiger partial charge in [-0.25, -0.2) is 4.79 Å². The first-order valence-corrected chi connectivity index (χ1v) is 8.00. The van der Waals surface area contributed by atoms with Crippen molar-refractivity contribution < 1.29 is 9.90 Å². The number of nitrogens with one attached hydrogen (secondary N) is 1. The summed E-state index contributed by atoms with van der Waals surface area (Å²) in [7, 11) is 0. The van der Waals surface area contributed by atoms with Gasteiger partial charge in [0.1, 0.15) is 0 Å². The maximum absolute atomic E-state index is 12.5. The molecule has 2 N–H and O–H groups in total. The molecule has 1 aliphatic rings. The molecule has 1 aliphatic heterocycles. The number of urea groups is 1. The van der Waals surface area contributed by atoms with Crippen molar-refractivity contribution in [2.24, 2.45) is 0 Å². The number of aliphatic hydroxyl groups is 1. The van der Waals surface area contributed by atoms with Crippen molar-refractivity contribution in [1.29, 1.82) is 0 Å². The third-order valence-corrected chi connectivity index (χ3v) is 4.27. The van der Waals surface area contributed by atoms with Crippen LogP contribution in [0.15, 0.2) is 18.2 Å². The van der Waals surface area contributed by atoms with Crippen LogP contribution in [0.1, 0.15) is 38.2 Å². The van der Waals surface area contributed by atoms with Crippen LogP contribution in [-0.4, -0.2) is 35.2 Å². The Kier molecular flexibility index (Phi) is 5.88. The molecule has 0 radical (unpaired) electrons. The number of hydrogen-bond donors (Lipinski definition) is 2. The van der Waals surface area contributed by atoms with Crippen molar-refractivity contribution in [3.05, 3.63) is 28.8 Å². The van der Waals surface area contributed by atoms with Gasteiger partial charge in [0.25, 0.3) is 0 Å².